The topological polar surface area (TPSA) is 67.5 Å². The molecular weight excluding hydrogens is 363 g/mol. The minimum atomic E-state index is -4.58. The highest BCUT2D eigenvalue weighted by atomic mass is 19.4. The molecule has 1 atom stereocenters. The van der Waals surface area contributed by atoms with E-state index in [9.17, 15) is 22.8 Å². The molecule has 1 fully saturated rings. The first-order valence-electron chi connectivity index (χ1n) is 8.66. The first kappa shape index (κ1) is 19.2. The van der Waals surface area contributed by atoms with Crippen molar-refractivity contribution in [1.29, 1.82) is 0 Å². The SMILES string of the molecule is O=C(Cn1cc(C(F)(F)F)ccc1=O)NCC(c1ccco1)N1CCCC1. The predicted octanol–water partition coefficient (Wildman–Crippen LogP) is 2.41. The maximum absolute atomic E-state index is 12.8. The van der Waals surface area contributed by atoms with Crippen molar-refractivity contribution in [2.45, 2.75) is 31.6 Å². The Bertz CT molecular complexity index is 824. The van der Waals surface area contributed by atoms with Crippen molar-refractivity contribution in [2.75, 3.05) is 19.6 Å². The van der Waals surface area contributed by atoms with Crippen molar-refractivity contribution in [3.05, 3.63) is 58.4 Å². The van der Waals surface area contributed by atoms with Crippen molar-refractivity contribution in [3.63, 3.8) is 0 Å². The van der Waals surface area contributed by atoms with Crippen LogP contribution < -0.4 is 10.9 Å². The average molecular weight is 383 g/mol. The van der Waals surface area contributed by atoms with Gasteiger partial charge in [-0.1, -0.05) is 0 Å². The zero-order valence-corrected chi connectivity index (χ0v) is 14.5. The van der Waals surface area contributed by atoms with Crippen molar-refractivity contribution in [3.8, 4) is 0 Å². The summed E-state index contributed by atoms with van der Waals surface area (Å²) in [6, 6.07) is 4.96. The van der Waals surface area contributed by atoms with E-state index in [1.165, 1.54) is 0 Å². The molecule has 1 aliphatic heterocycles. The molecule has 1 N–H and O–H groups in total. The number of carbonyl (C=O) groups is 1. The van der Waals surface area contributed by atoms with Crippen LogP contribution in [-0.2, 0) is 17.5 Å². The molecule has 0 radical (unpaired) electrons. The van der Waals surface area contributed by atoms with Gasteiger partial charge in [-0.3, -0.25) is 14.5 Å². The molecule has 2 aromatic rings. The lowest BCUT2D eigenvalue weighted by molar-refractivity contribution is -0.138. The van der Waals surface area contributed by atoms with Gasteiger partial charge in [0.05, 0.1) is 17.9 Å². The molecule has 146 valence electrons. The van der Waals surface area contributed by atoms with E-state index in [1.807, 2.05) is 6.07 Å². The number of nitrogens with one attached hydrogen (secondary N) is 1. The fourth-order valence-electron chi connectivity index (χ4n) is 3.19. The second kappa shape index (κ2) is 7.99. The molecule has 0 saturated carbocycles. The summed E-state index contributed by atoms with van der Waals surface area (Å²) in [6.45, 7) is 1.54. The number of hydrogen-bond acceptors (Lipinski definition) is 4. The van der Waals surface area contributed by atoms with E-state index >= 15 is 0 Å². The Morgan fingerprint density at radius 2 is 1.96 bits per heavy atom. The standard InChI is InChI=1S/C18H20F3N3O3/c19-18(20,21)13-5-6-17(26)24(11-13)12-16(25)22-10-14(15-4-3-9-27-15)23-7-1-2-8-23/h3-6,9,11,14H,1-2,7-8,10,12H2,(H,22,25). The minimum absolute atomic E-state index is 0.148. The normalized spacial score (nSPS) is 16.4. The monoisotopic (exact) mass is 383 g/mol. The van der Waals surface area contributed by atoms with Gasteiger partial charge in [0.25, 0.3) is 5.56 Å². The van der Waals surface area contributed by atoms with Gasteiger partial charge in [-0.2, -0.15) is 13.2 Å². The van der Waals surface area contributed by atoms with E-state index in [0.29, 0.717) is 18.0 Å². The van der Waals surface area contributed by atoms with Crippen molar-refractivity contribution < 1.29 is 22.4 Å². The Morgan fingerprint density at radius 3 is 2.59 bits per heavy atom. The third kappa shape index (κ3) is 4.79. The minimum Gasteiger partial charge on any atom is -0.468 e. The van der Waals surface area contributed by atoms with Crippen LogP contribution >= 0.6 is 0 Å². The van der Waals surface area contributed by atoms with Crippen LogP contribution in [0.2, 0.25) is 0 Å². The van der Waals surface area contributed by atoms with E-state index in [2.05, 4.69) is 10.2 Å². The Kier molecular flexibility index (Phi) is 5.69. The highest BCUT2D eigenvalue weighted by Crippen LogP contribution is 2.28. The summed E-state index contributed by atoms with van der Waals surface area (Å²) < 4.78 is 44.6. The summed E-state index contributed by atoms with van der Waals surface area (Å²) >= 11 is 0. The smallest absolute Gasteiger partial charge is 0.417 e. The number of aromatic nitrogens is 1. The first-order valence-corrected chi connectivity index (χ1v) is 8.66. The summed E-state index contributed by atoms with van der Waals surface area (Å²) in [5.41, 5.74) is -1.64. The largest absolute Gasteiger partial charge is 0.468 e. The van der Waals surface area contributed by atoms with Crippen LogP contribution in [0.1, 0.15) is 30.2 Å². The number of alkyl halides is 3. The molecule has 3 rings (SSSR count). The second-order valence-electron chi connectivity index (χ2n) is 6.46. The molecular formula is C18H20F3N3O3. The summed E-state index contributed by atoms with van der Waals surface area (Å²) in [6.07, 6.45) is -0.240. The lowest BCUT2D eigenvalue weighted by Gasteiger charge is -2.26. The molecule has 0 aromatic carbocycles. The van der Waals surface area contributed by atoms with Crippen LogP contribution in [0.3, 0.4) is 0 Å². The molecule has 1 saturated heterocycles. The van der Waals surface area contributed by atoms with E-state index in [0.717, 1.165) is 36.6 Å². The highest BCUT2D eigenvalue weighted by Gasteiger charge is 2.31. The van der Waals surface area contributed by atoms with Gasteiger partial charge < -0.3 is 14.3 Å². The number of likely N-dealkylation sites (tertiary alicyclic amines) is 1. The van der Waals surface area contributed by atoms with Gasteiger partial charge in [-0.15, -0.1) is 0 Å². The van der Waals surface area contributed by atoms with Crippen LogP contribution in [0.4, 0.5) is 13.2 Å². The van der Waals surface area contributed by atoms with Crippen LogP contribution in [-0.4, -0.2) is 35.0 Å². The molecule has 27 heavy (non-hydrogen) atoms. The van der Waals surface area contributed by atoms with Gasteiger partial charge >= 0.3 is 6.18 Å². The van der Waals surface area contributed by atoms with Gasteiger partial charge in [-0.25, -0.2) is 0 Å². The molecule has 1 amide bonds. The number of nitrogens with zero attached hydrogens (tertiary/aromatic N) is 2. The highest BCUT2D eigenvalue weighted by molar-refractivity contribution is 5.75. The molecule has 2 aromatic heterocycles. The molecule has 9 heteroatoms. The van der Waals surface area contributed by atoms with Crippen molar-refractivity contribution >= 4 is 5.91 Å². The maximum atomic E-state index is 12.8. The summed E-state index contributed by atoms with van der Waals surface area (Å²) in [5, 5.41) is 2.70. The fourth-order valence-corrected chi connectivity index (χ4v) is 3.19. The molecule has 6 nitrogen and oxygen atoms in total. The van der Waals surface area contributed by atoms with E-state index in [-0.39, 0.29) is 12.6 Å². The molecule has 3 heterocycles. The number of halogens is 3. The number of pyridine rings is 1. The van der Waals surface area contributed by atoms with Gasteiger partial charge in [0.15, 0.2) is 0 Å². The van der Waals surface area contributed by atoms with Gasteiger partial charge in [0.1, 0.15) is 12.3 Å². The molecule has 1 aliphatic rings. The quantitative estimate of drug-likeness (QED) is 0.832. The summed E-state index contributed by atoms with van der Waals surface area (Å²) in [4.78, 5) is 26.2. The third-order valence-electron chi connectivity index (χ3n) is 4.57. The first-order chi connectivity index (χ1) is 12.8. The van der Waals surface area contributed by atoms with Crippen LogP contribution in [0.15, 0.2) is 45.9 Å². The number of carbonyl (C=O) groups excluding carboxylic acids is 1. The second-order valence-corrected chi connectivity index (χ2v) is 6.46. The third-order valence-corrected chi connectivity index (χ3v) is 4.57. The Morgan fingerprint density at radius 1 is 1.22 bits per heavy atom. The number of amides is 1. The summed E-state index contributed by atoms with van der Waals surface area (Å²) in [7, 11) is 0. The van der Waals surface area contributed by atoms with E-state index in [4.69, 9.17) is 4.42 Å². The number of hydrogen-bond donors (Lipinski definition) is 1. The fraction of sp³-hybridized carbons (Fsp3) is 0.444. The average Bonchev–Trinajstić information content (AvgIpc) is 3.30. The van der Waals surface area contributed by atoms with Crippen LogP contribution in [0.25, 0.3) is 0 Å². The summed E-state index contributed by atoms with van der Waals surface area (Å²) in [5.74, 6) is 0.181. The molecule has 0 spiro atoms. The Labute approximate surface area is 153 Å². The van der Waals surface area contributed by atoms with Gasteiger partial charge in [0.2, 0.25) is 5.91 Å². The molecule has 1 unspecified atom stereocenters. The van der Waals surface area contributed by atoms with Gasteiger partial charge in [0, 0.05) is 18.8 Å². The zero-order valence-electron chi connectivity index (χ0n) is 14.5. The predicted molar refractivity (Wildman–Crippen MR) is 91.0 cm³/mol. The Hall–Kier alpha value is -2.55. The lowest BCUT2D eigenvalue weighted by Crippen LogP contribution is -2.39. The number of furan rings is 1. The molecule has 0 aliphatic carbocycles. The molecule has 0 bridgehead atoms. The Balaban J connectivity index is 1.66. The van der Waals surface area contributed by atoms with E-state index < -0.39 is 29.8 Å². The lowest BCUT2D eigenvalue weighted by atomic mass is 10.2. The zero-order chi connectivity index (χ0) is 19.4. The van der Waals surface area contributed by atoms with Crippen molar-refractivity contribution in [2.24, 2.45) is 0 Å². The van der Waals surface area contributed by atoms with Crippen LogP contribution in [0, 0.1) is 0 Å². The van der Waals surface area contributed by atoms with Crippen LogP contribution in [0.5, 0.6) is 0 Å². The van der Waals surface area contributed by atoms with E-state index in [1.54, 1.807) is 12.3 Å². The van der Waals surface area contributed by atoms with Crippen molar-refractivity contribution in [1.82, 2.24) is 14.8 Å². The maximum Gasteiger partial charge on any atom is 0.417 e. The van der Waals surface area contributed by atoms with Gasteiger partial charge in [-0.05, 0) is 44.1 Å². The number of rotatable bonds is 6.